The summed E-state index contributed by atoms with van der Waals surface area (Å²) in [5, 5.41) is 4.94. The van der Waals surface area contributed by atoms with Gasteiger partial charge in [0.15, 0.2) is 5.11 Å². The molecule has 1 aromatic heterocycles. The summed E-state index contributed by atoms with van der Waals surface area (Å²) in [7, 11) is 0. The third kappa shape index (κ3) is 4.48. The van der Waals surface area contributed by atoms with Crippen molar-refractivity contribution in [3.63, 3.8) is 0 Å². The molecular formula is C16H22N4S2. The van der Waals surface area contributed by atoms with Gasteiger partial charge in [-0.25, -0.2) is 4.98 Å². The Kier molecular flexibility index (Phi) is 6.27. The molecule has 1 aromatic carbocycles. The predicted molar refractivity (Wildman–Crippen MR) is 102 cm³/mol. The standard InChI is InChI=1S/C16H22N4S2/c1-11-6-4-7-13-12(2)10-14(18-15(11)13)19-20-16(21)17-8-5-9-22-3/h4,6-7,10H,5,8-9H2,1-3H3,(H,18,19)(H2,17,20,21). The number of nitrogens with one attached hydrogen (secondary N) is 3. The number of rotatable bonds is 6. The number of benzene rings is 1. The first kappa shape index (κ1) is 16.8. The number of anilines is 1. The first-order valence-electron chi connectivity index (χ1n) is 7.27. The Morgan fingerprint density at radius 2 is 2.09 bits per heavy atom. The minimum absolute atomic E-state index is 0.588. The van der Waals surface area contributed by atoms with E-state index in [0.29, 0.717) is 5.11 Å². The number of thioether (sulfide) groups is 1. The van der Waals surface area contributed by atoms with Crippen molar-refractivity contribution in [2.45, 2.75) is 20.3 Å². The summed E-state index contributed by atoms with van der Waals surface area (Å²) >= 11 is 7.08. The lowest BCUT2D eigenvalue weighted by atomic mass is 10.1. The predicted octanol–water partition coefficient (Wildman–Crippen LogP) is 3.40. The van der Waals surface area contributed by atoms with Gasteiger partial charge in [0.25, 0.3) is 0 Å². The lowest BCUT2D eigenvalue weighted by molar-refractivity contribution is 0.832. The summed E-state index contributed by atoms with van der Waals surface area (Å²) < 4.78 is 0. The van der Waals surface area contributed by atoms with E-state index in [4.69, 9.17) is 12.2 Å². The van der Waals surface area contributed by atoms with Crippen LogP contribution >= 0.6 is 24.0 Å². The number of hydrogen-bond donors (Lipinski definition) is 3. The lowest BCUT2D eigenvalue weighted by Crippen LogP contribution is -2.39. The molecule has 0 atom stereocenters. The number of para-hydroxylation sites is 1. The van der Waals surface area contributed by atoms with Gasteiger partial charge in [-0.15, -0.1) is 0 Å². The molecule has 0 aliphatic heterocycles. The molecule has 0 saturated heterocycles. The number of aromatic nitrogens is 1. The lowest BCUT2D eigenvalue weighted by Gasteiger charge is -2.13. The maximum atomic E-state index is 5.24. The third-order valence-corrected chi connectivity index (χ3v) is 4.31. The maximum absolute atomic E-state index is 5.24. The van der Waals surface area contributed by atoms with Crippen molar-refractivity contribution in [2.24, 2.45) is 0 Å². The molecule has 2 aromatic rings. The molecule has 6 heteroatoms. The molecule has 4 nitrogen and oxygen atoms in total. The molecule has 0 unspecified atom stereocenters. The van der Waals surface area contributed by atoms with Gasteiger partial charge >= 0.3 is 0 Å². The zero-order valence-electron chi connectivity index (χ0n) is 13.2. The number of hydrazine groups is 1. The SMILES string of the molecule is CSCCCNC(=S)NNc1cc(C)c2cccc(C)c2n1. The van der Waals surface area contributed by atoms with E-state index < -0.39 is 0 Å². The van der Waals surface area contributed by atoms with Crippen molar-refractivity contribution in [1.82, 2.24) is 15.7 Å². The second-order valence-corrected chi connectivity index (χ2v) is 6.54. The zero-order valence-corrected chi connectivity index (χ0v) is 14.8. The molecule has 0 bridgehead atoms. The van der Waals surface area contributed by atoms with Crippen molar-refractivity contribution >= 4 is 45.8 Å². The van der Waals surface area contributed by atoms with Crippen LogP contribution in [0.15, 0.2) is 24.3 Å². The second kappa shape index (κ2) is 8.19. The van der Waals surface area contributed by atoms with E-state index in [9.17, 15) is 0 Å². The zero-order chi connectivity index (χ0) is 15.9. The number of nitrogens with zero attached hydrogens (tertiary/aromatic N) is 1. The topological polar surface area (TPSA) is 49.0 Å². The van der Waals surface area contributed by atoms with E-state index in [0.717, 1.165) is 30.1 Å². The van der Waals surface area contributed by atoms with Gasteiger partial charge in [-0.3, -0.25) is 10.9 Å². The van der Waals surface area contributed by atoms with Gasteiger partial charge in [-0.1, -0.05) is 18.2 Å². The Labute approximate surface area is 141 Å². The number of thiocarbonyl (C=S) groups is 1. The smallest absolute Gasteiger partial charge is 0.185 e. The van der Waals surface area contributed by atoms with Gasteiger partial charge in [0.1, 0.15) is 5.82 Å². The minimum Gasteiger partial charge on any atom is -0.361 e. The van der Waals surface area contributed by atoms with E-state index in [1.165, 1.54) is 16.5 Å². The Morgan fingerprint density at radius 1 is 1.27 bits per heavy atom. The van der Waals surface area contributed by atoms with Gasteiger partial charge in [-0.2, -0.15) is 11.8 Å². The van der Waals surface area contributed by atoms with Gasteiger partial charge in [0.2, 0.25) is 0 Å². The van der Waals surface area contributed by atoms with Gasteiger partial charge < -0.3 is 5.32 Å². The Balaban J connectivity index is 1.97. The molecular weight excluding hydrogens is 312 g/mol. The quantitative estimate of drug-likeness (QED) is 0.428. The van der Waals surface area contributed by atoms with Gasteiger partial charge in [-0.05, 0) is 61.7 Å². The molecule has 0 spiro atoms. The number of fused-ring (bicyclic) bond motifs is 1. The van der Waals surface area contributed by atoms with Crippen LogP contribution in [0.3, 0.4) is 0 Å². The minimum atomic E-state index is 0.588. The average Bonchev–Trinajstić information content (AvgIpc) is 2.51. The molecule has 0 aliphatic carbocycles. The van der Waals surface area contributed by atoms with E-state index in [1.54, 1.807) is 0 Å². The summed E-state index contributed by atoms with van der Waals surface area (Å²) in [6.45, 7) is 5.04. The Bertz CT molecular complexity index is 658. The van der Waals surface area contributed by atoms with Crippen molar-refractivity contribution in [3.8, 4) is 0 Å². The van der Waals surface area contributed by atoms with E-state index in [1.807, 2.05) is 17.8 Å². The van der Waals surface area contributed by atoms with Crippen LogP contribution in [-0.4, -0.2) is 28.6 Å². The van der Waals surface area contributed by atoms with Crippen molar-refractivity contribution in [1.29, 1.82) is 0 Å². The van der Waals surface area contributed by atoms with Crippen molar-refractivity contribution in [2.75, 3.05) is 24.0 Å². The molecule has 0 saturated carbocycles. The van der Waals surface area contributed by atoms with Crippen molar-refractivity contribution in [3.05, 3.63) is 35.4 Å². The fourth-order valence-electron chi connectivity index (χ4n) is 2.21. The fourth-order valence-corrected chi connectivity index (χ4v) is 2.79. The van der Waals surface area contributed by atoms with Gasteiger partial charge in [0.05, 0.1) is 5.52 Å². The molecule has 3 N–H and O–H groups in total. The summed E-state index contributed by atoms with van der Waals surface area (Å²) in [6, 6.07) is 8.25. The van der Waals surface area contributed by atoms with Gasteiger partial charge in [0, 0.05) is 11.9 Å². The molecule has 0 aliphatic rings. The summed E-state index contributed by atoms with van der Waals surface area (Å²) in [4.78, 5) is 4.65. The summed E-state index contributed by atoms with van der Waals surface area (Å²) in [6.07, 6.45) is 3.20. The van der Waals surface area contributed by atoms with Crippen LogP contribution in [0.1, 0.15) is 17.5 Å². The summed E-state index contributed by atoms with van der Waals surface area (Å²) in [5.74, 6) is 1.90. The normalized spacial score (nSPS) is 10.5. The molecule has 0 radical (unpaired) electrons. The maximum Gasteiger partial charge on any atom is 0.185 e. The number of pyridine rings is 1. The number of aryl methyl sites for hydroxylation is 2. The van der Waals surface area contributed by atoms with Crippen LogP contribution in [0.25, 0.3) is 10.9 Å². The third-order valence-electron chi connectivity index (χ3n) is 3.36. The second-order valence-electron chi connectivity index (χ2n) is 5.15. The monoisotopic (exact) mass is 334 g/mol. The molecule has 1 heterocycles. The van der Waals surface area contributed by atoms with Crippen LogP contribution in [0, 0.1) is 13.8 Å². The first-order valence-corrected chi connectivity index (χ1v) is 9.08. The Morgan fingerprint density at radius 3 is 2.86 bits per heavy atom. The van der Waals surface area contributed by atoms with Crippen molar-refractivity contribution < 1.29 is 0 Å². The average molecular weight is 335 g/mol. The molecule has 118 valence electrons. The fraction of sp³-hybridized carbons (Fsp3) is 0.375. The van der Waals surface area contributed by atoms with Crippen LogP contribution in [0.5, 0.6) is 0 Å². The van der Waals surface area contributed by atoms with E-state index in [2.05, 4.69) is 59.5 Å². The molecule has 0 fully saturated rings. The van der Waals surface area contributed by atoms with Crippen LogP contribution < -0.4 is 16.2 Å². The molecule has 22 heavy (non-hydrogen) atoms. The highest BCUT2D eigenvalue weighted by Gasteiger charge is 2.05. The largest absolute Gasteiger partial charge is 0.361 e. The van der Waals surface area contributed by atoms with Crippen LogP contribution in [0.2, 0.25) is 0 Å². The van der Waals surface area contributed by atoms with E-state index >= 15 is 0 Å². The highest BCUT2D eigenvalue weighted by molar-refractivity contribution is 7.98. The highest BCUT2D eigenvalue weighted by Crippen LogP contribution is 2.22. The number of hydrogen-bond acceptors (Lipinski definition) is 4. The van der Waals surface area contributed by atoms with Crippen LogP contribution in [-0.2, 0) is 0 Å². The Hall–Kier alpha value is -1.53. The molecule has 0 amide bonds. The van der Waals surface area contributed by atoms with Crippen LogP contribution in [0.4, 0.5) is 5.82 Å². The summed E-state index contributed by atoms with van der Waals surface area (Å²) in [5.41, 5.74) is 9.44. The van der Waals surface area contributed by atoms with E-state index in [-0.39, 0.29) is 0 Å². The highest BCUT2D eigenvalue weighted by atomic mass is 32.2. The molecule has 2 rings (SSSR count). The first-order chi connectivity index (χ1) is 10.6.